The summed E-state index contributed by atoms with van der Waals surface area (Å²) in [5.74, 6) is 0.253. The molecule has 2 fully saturated rings. The second kappa shape index (κ2) is 5.17. The molecule has 18 heavy (non-hydrogen) atoms. The molecule has 2 N–H and O–H groups in total. The molecule has 2 aliphatic heterocycles. The fourth-order valence-electron chi connectivity index (χ4n) is 2.76. The molecule has 0 radical (unpaired) electrons. The molecule has 2 heterocycles. The first kappa shape index (κ1) is 13.8. The minimum Gasteiger partial charge on any atom is -0.354 e. The summed E-state index contributed by atoms with van der Waals surface area (Å²) in [6.07, 6.45) is 3.26. The van der Waals surface area contributed by atoms with Crippen molar-refractivity contribution in [1.82, 2.24) is 10.6 Å². The van der Waals surface area contributed by atoms with Crippen molar-refractivity contribution in [2.45, 2.75) is 37.9 Å². The summed E-state index contributed by atoms with van der Waals surface area (Å²) in [5.41, 5.74) is -0.388. The van der Waals surface area contributed by atoms with Gasteiger partial charge in [0.1, 0.15) is 0 Å². The fraction of sp³-hybridized carbons (Fsp3) is 0.917. The Bertz CT molecular complexity index is 413. The second-order valence-electron chi connectivity index (χ2n) is 5.68. The molecule has 104 valence electrons. The van der Waals surface area contributed by atoms with Crippen LogP contribution < -0.4 is 10.6 Å². The zero-order valence-corrected chi connectivity index (χ0v) is 11.7. The Labute approximate surface area is 109 Å². The number of amides is 1. The highest BCUT2D eigenvalue weighted by molar-refractivity contribution is 7.92. The molecule has 2 atom stereocenters. The third-order valence-corrected chi connectivity index (χ3v) is 6.37. The Kier molecular flexibility index (Phi) is 3.96. The maximum atomic E-state index is 12.1. The van der Waals surface area contributed by atoms with E-state index in [1.807, 2.05) is 6.92 Å². The molecule has 0 bridgehead atoms. The number of piperidine rings is 1. The van der Waals surface area contributed by atoms with Crippen molar-refractivity contribution in [3.05, 3.63) is 0 Å². The van der Waals surface area contributed by atoms with Gasteiger partial charge in [-0.2, -0.15) is 0 Å². The van der Waals surface area contributed by atoms with Gasteiger partial charge in [-0.25, -0.2) is 8.42 Å². The van der Waals surface area contributed by atoms with Crippen molar-refractivity contribution >= 4 is 15.7 Å². The zero-order chi connectivity index (χ0) is 13.2. The molecular formula is C12H22N2O3S. The van der Waals surface area contributed by atoms with Gasteiger partial charge in [0.05, 0.1) is 16.4 Å². The lowest BCUT2D eigenvalue weighted by molar-refractivity contribution is -0.131. The van der Waals surface area contributed by atoms with E-state index in [1.54, 1.807) is 0 Å². The average molecular weight is 274 g/mol. The maximum absolute atomic E-state index is 12.1. The van der Waals surface area contributed by atoms with Crippen LogP contribution in [-0.4, -0.2) is 45.0 Å². The molecule has 0 aliphatic carbocycles. The summed E-state index contributed by atoms with van der Waals surface area (Å²) < 4.78 is 23.3. The van der Waals surface area contributed by atoms with E-state index in [0.717, 1.165) is 25.8 Å². The van der Waals surface area contributed by atoms with Gasteiger partial charge in [0.2, 0.25) is 5.91 Å². The molecule has 0 aromatic rings. The summed E-state index contributed by atoms with van der Waals surface area (Å²) in [6, 6.07) is 0. The quantitative estimate of drug-likeness (QED) is 0.763. The molecule has 2 unspecified atom stereocenters. The zero-order valence-electron chi connectivity index (χ0n) is 10.9. The van der Waals surface area contributed by atoms with Crippen molar-refractivity contribution in [3.63, 3.8) is 0 Å². The molecule has 0 aromatic carbocycles. The van der Waals surface area contributed by atoms with E-state index in [0.29, 0.717) is 13.0 Å². The van der Waals surface area contributed by atoms with Crippen molar-refractivity contribution in [1.29, 1.82) is 0 Å². The number of hydrogen-bond acceptors (Lipinski definition) is 4. The molecule has 5 nitrogen and oxygen atoms in total. The van der Waals surface area contributed by atoms with E-state index in [2.05, 4.69) is 10.6 Å². The fourth-order valence-corrected chi connectivity index (χ4v) is 4.52. The third kappa shape index (κ3) is 2.85. The highest BCUT2D eigenvalue weighted by atomic mass is 32.2. The minimum absolute atomic E-state index is 0.0169. The van der Waals surface area contributed by atoms with Gasteiger partial charge in [0.15, 0.2) is 9.84 Å². The monoisotopic (exact) mass is 274 g/mol. The van der Waals surface area contributed by atoms with Gasteiger partial charge in [-0.05, 0) is 39.2 Å². The Morgan fingerprint density at radius 1 is 1.44 bits per heavy atom. The van der Waals surface area contributed by atoms with E-state index in [9.17, 15) is 13.2 Å². The number of sulfone groups is 1. The Morgan fingerprint density at radius 2 is 2.22 bits per heavy atom. The number of rotatable bonds is 3. The van der Waals surface area contributed by atoms with Crippen molar-refractivity contribution in [2.75, 3.05) is 25.4 Å². The lowest BCUT2D eigenvalue weighted by Gasteiger charge is -2.32. The maximum Gasteiger partial charge on any atom is 0.227 e. The number of carbonyl (C=O) groups is 1. The summed E-state index contributed by atoms with van der Waals surface area (Å²) >= 11 is 0. The summed E-state index contributed by atoms with van der Waals surface area (Å²) in [6.45, 7) is 3.85. The topological polar surface area (TPSA) is 75.3 Å². The van der Waals surface area contributed by atoms with Gasteiger partial charge in [-0.3, -0.25) is 4.79 Å². The molecule has 2 saturated heterocycles. The average Bonchev–Trinajstić information content (AvgIpc) is 2.66. The van der Waals surface area contributed by atoms with Crippen LogP contribution in [0.5, 0.6) is 0 Å². The molecule has 0 aromatic heterocycles. The number of hydrogen-bond donors (Lipinski definition) is 2. The highest BCUT2D eigenvalue weighted by Crippen LogP contribution is 2.26. The first-order valence-corrected chi connectivity index (χ1v) is 8.36. The number of nitrogens with one attached hydrogen (secondary N) is 2. The summed E-state index contributed by atoms with van der Waals surface area (Å²) in [5, 5.41) is 5.68. The molecule has 2 aliphatic rings. The van der Waals surface area contributed by atoms with Gasteiger partial charge < -0.3 is 10.6 Å². The highest BCUT2D eigenvalue weighted by Gasteiger charge is 2.36. The van der Waals surface area contributed by atoms with Gasteiger partial charge >= 0.3 is 0 Å². The van der Waals surface area contributed by atoms with Crippen LogP contribution in [0, 0.1) is 5.41 Å². The minimum atomic E-state index is -2.96. The molecule has 0 spiro atoms. The molecule has 6 heteroatoms. The van der Waals surface area contributed by atoms with Crippen LogP contribution in [0.1, 0.15) is 32.6 Å². The first-order chi connectivity index (χ1) is 8.44. The standard InChI is InChI=1S/C12H22N2O3S/c1-12(5-3-6-13-9-12)11(15)14-8-10-4-2-7-18(10,16)17/h10,13H,2-9H2,1H3,(H,14,15). The lowest BCUT2D eigenvalue weighted by Crippen LogP contribution is -2.50. The van der Waals surface area contributed by atoms with Crippen LogP contribution in [0.25, 0.3) is 0 Å². The van der Waals surface area contributed by atoms with Gasteiger partial charge in [0.25, 0.3) is 0 Å². The van der Waals surface area contributed by atoms with E-state index < -0.39 is 9.84 Å². The van der Waals surface area contributed by atoms with E-state index in [4.69, 9.17) is 0 Å². The van der Waals surface area contributed by atoms with Crippen LogP contribution >= 0.6 is 0 Å². The Balaban J connectivity index is 1.88. The van der Waals surface area contributed by atoms with Gasteiger partial charge in [-0.15, -0.1) is 0 Å². The predicted molar refractivity (Wildman–Crippen MR) is 70.0 cm³/mol. The SMILES string of the molecule is CC1(C(=O)NCC2CCCS2(=O)=O)CCCNC1. The van der Waals surface area contributed by atoms with Crippen LogP contribution in [0.15, 0.2) is 0 Å². The van der Waals surface area contributed by atoms with Crippen molar-refractivity contribution in [3.8, 4) is 0 Å². The van der Waals surface area contributed by atoms with E-state index >= 15 is 0 Å². The predicted octanol–water partition coefficient (Wildman–Crippen LogP) is 0.0695. The molecular weight excluding hydrogens is 252 g/mol. The second-order valence-corrected chi connectivity index (χ2v) is 8.08. The smallest absolute Gasteiger partial charge is 0.227 e. The summed E-state index contributed by atoms with van der Waals surface area (Å²) in [4.78, 5) is 12.1. The largest absolute Gasteiger partial charge is 0.354 e. The molecule has 0 saturated carbocycles. The van der Waals surface area contributed by atoms with Crippen molar-refractivity contribution < 1.29 is 13.2 Å². The Morgan fingerprint density at radius 3 is 2.78 bits per heavy atom. The molecule has 2 rings (SSSR count). The Hall–Kier alpha value is -0.620. The van der Waals surface area contributed by atoms with Crippen LogP contribution in [0.4, 0.5) is 0 Å². The number of carbonyl (C=O) groups excluding carboxylic acids is 1. The van der Waals surface area contributed by atoms with Crippen LogP contribution in [-0.2, 0) is 14.6 Å². The normalized spacial score (nSPS) is 35.3. The van der Waals surface area contributed by atoms with Crippen molar-refractivity contribution in [2.24, 2.45) is 5.41 Å². The van der Waals surface area contributed by atoms with Crippen LogP contribution in [0.2, 0.25) is 0 Å². The third-order valence-electron chi connectivity index (χ3n) is 4.10. The lowest BCUT2D eigenvalue weighted by atomic mass is 9.82. The first-order valence-electron chi connectivity index (χ1n) is 6.65. The summed E-state index contributed by atoms with van der Waals surface area (Å²) in [7, 11) is -2.96. The van der Waals surface area contributed by atoms with Crippen LogP contribution in [0.3, 0.4) is 0 Å². The van der Waals surface area contributed by atoms with Gasteiger partial charge in [0, 0.05) is 13.1 Å². The van der Waals surface area contributed by atoms with E-state index in [1.165, 1.54) is 0 Å². The molecule has 1 amide bonds. The van der Waals surface area contributed by atoms with E-state index in [-0.39, 0.29) is 28.9 Å². The van der Waals surface area contributed by atoms with Gasteiger partial charge in [-0.1, -0.05) is 0 Å².